The van der Waals surface area contributed by atoms with Crippen molar-refractivity contribution in [1.82, 2.24) is 0 Å². The highest BCUT2D eigenvalue weighted by molar-refractivity contribution is 5.95. The zero-order valence-corrected chi connectivity index (χ0v) is 9.99. The summed E-state index contributed by atoms with van der Waals surface area (Å²) in [7, 11) is 0. The Morgan fingerprint density at radius 2 is 1.79 bits per heavy atom. The summed E-state index contributed by atoms with van der Waals surface area (Å²) in [6.07, 6.45) is 0.0219. The lowest BCUT2D eigenvalue weighted by Crippen LogP contribution is -2.16. The quantitative estimate of drug-likeness (QED) is 0.836. The third-order valence-electron chi connectivity index (χ3n) is 2.59. The van der Waals surface area contributed by atoms with E-state index in [1.54, 1.807) is 0 Å². The van der Waals surface area contributed by atoms with Gasteiger partial charge in [-0.2, -0.15) is 0 Å². The molecule has 98 valence electrons. The van der Waals surface area contributed by atoms with Gasteiger partial charge in [0, 0.05) is 0 Å². The molecule has 0 fully saturated rings. The molecule has 0 bridgehead atoms. The molecule has 0 unspecified atom stereocenters. The number of hydrogen-bond acceptors (Lipinski definition) is 2. The average Bonchev–Trinajstić information content (AvgIpc) is 2.37. The van der Waals surface area contributed by atoms with Gasteiger partial charge in [0.15, 0.2) is 0 Å². The van der Waals surface area contributed by atoms with Crippen LogP contribution in [0.1, 0.15) is 5.56 Å². The fourth-order valence-electron chi connectivity index (χ4n) is 1.64. The number of anilines is 2. The largest absolute Gasteiger partial charge is 0.397 e. The van der Waals surface area contributed by atoms with Crippen molar-refractivity contribution < 1.29 is 13.6 Å². The lowest BCUT2D eigenvalue weighted by molar-refractivity contribution is -0.115. The van der Waals surface area contributed by atoms with Crippen molar-refractivity contribution in [3.05, 3.63) is 59.7 Å². The van der Waals surface area contributed by atoms with E-state index in [2.05, 4.69) is 5.32 Å². The second-order valence-electron chi connectivity index (χ2n) is 4.06. The standard InChI is InChI=1S/C14H12F2N2O/c15-10-6-4-9(5-7-10)8-13(19)18-14-11(16)2-1-3-12(14)17/h1-7H,8,17H2,(H,18,19). The molecule has 0 aromatic heterocycles. The number of carbonyl (C=O) groups excluding carboxylic acids is 1. The molecule has 0 atom stereocenters. The molecule has 5 heteroatoms. The van der Waals surface area contributed by atoms with Crippen LogP contribution in [0.5, 0.6) is 0 Å². The Bertz CT molecular complexity index is 577. The second-order valence-corrected chi connectivity index (χ2v) is 4.06. The summed E-state index contributed by atoms with van der Waals surface area (Å²) >= 11 is 0. The summed E-state index contributed by atoms with van der Waals surface area (Å²) in [5.74, 6) is -1.38. The van der Waals surface area contributed by atoms with E-state index in [9.17, 15) is 13.6 Å². The topological polar surface area (TPSA) is 55.1 Å². The lowest BCUT2D eigenvalue weighted by atomic mass is 10.1. The molecule has 0 radical (unpaired) electrons. The third kappa shape index (κ3) is 3.28. The lowest BCUT2D eigenvalue weighted by Gasteiger charge is -2.09. The third-order valence-corrected chi connectivity index (χ3v) is 2.59. The summed E-state index contributed by atoms with van der Waals surface area (Å²) in [4.78, 5) is 11.7. The number of rotatable bonds is 3. The molecule has 0 aliphatic heterocycles. The van der Waals surface area contributed by atoms with Crippen LogP contribution in [0, 0.1) is 11.6 Å². The Labute approximate surface area is 109 Å². The first-order chi connectivity index (χ1) is 9.06. The first kappa shape index (κ1) is 13.0. The SMILES string of the molecule is Nc1cccc(F)c1NC(=O)Cc1ccc(F)cc1. The summed E-state index contributed by atoms with van der Waals surface area (Å²) in [5, 5.41) is 2.41. The van der Waals surface area contributed by atoms with Gasteiger partial charge in [-0.05, 0) is 29.8 Å². The van der Waals surface area contributed by atoms with Crippen molar-refractivity contribution >= 4 is 17.3 Å². The van der Waals surface area contributed by atoms with Crippen LogP contribution in [0.3, 0.4) is 0 Å². The number of para-hydroxylation sites is 1. The van der Waals surface area contributed by atoms with Gasteiger partial charge in [0.25, 0.3) is 0 Å². The summed E-state index contributed by atoms with van der Waals surface area (Å²) < 4.78 is 26.2. The van der Waals surface area contributed by atoms with Gasteiger partial charge in [0.05, 0.1) is 12.1 Å². The molecule has 0 saturated heterocycles. The second kappa shape index (κ2) is 5.48. The van der Waals surface area contributed by atoms with Crippen LogP contribution >= 0.6 is 0 Å². The molecule has 0 saturated carbocycles. The summed E-state index contributed by atoms with van der Waals surface area (Å²) in [6.45, 7) is 0. The zero-order valence-electron chi connectivity index (χ0n) is 9.99. The minimum absolute atomic E-state index is 0.0219. The van der Waals surface area contributed by atoms with Gasteiger partial charge in [-0.25, -0.2) is 8.78 Å². The molecule has 0 heterocycles. The number of nitrogens with two attached hydrogens (primary N) is 1. The van der Waals surface area contributed by atoms with E-state index in [-0.39, 0.29) is 23.6 Å². The van der Waals surface area contributed by atoms with Crippen molar-refractivity contribution in [2.45, 2.75) is 6.42 Å². The van der Waals surface area contributed by atoms with Crippen LogP contribution in [-0.2, 0) is 11.2 Å². The molecule has 19 heavy (non-hydrogen) atoms. The van der Waals surface area contributed by atoms with Crippen LogP contribution in [0.25, 0.3) is 0 Å². The fourth-order valence-corrected chi connectivity index (χ4v) is 1.64. The molecule has 2 rings (SSSR count). The molecule has 3 nitrogen and oxygen atoms in total. The Morgan fingerprint density at radius 3 is 2.42 bits per heavy atom. The van der Waals surface area contributed by atoms with Crippen LogP contribution in [0.4, 0.5) is 20.2 Å². The first-order valence-electron chi connectivity index (χ1n) is 5.64. The first-order valence-corrected chi connectivity index (χ1v) is 5.64. The Hall–Kier alpha value is -2.43. The van der Waals surface area contributed by atoms with Crippen LogP contribution in [0.2, 0.25) is 0 Å². The predicted molar refractivity (Wildman–Crippen MR) is 69.5 cm³/mol. The van der Waals surface area contributed by atoms with E-state index in [0.29, 0.717) is 5.56 Å². The number of benzene rings is 2. The van der Waals surface area contributed by atoms with Crippen LogP contribution in [0.15, 0.2) is 42.5 Å². The number of nitrogens with one attached hydrogen (secondary N) is 1. The van der Waals surface area contributed by atoms with E-state index in [1.807, 2.05) is 0 Å². The molecule has 2 aromatic rings. The zero-order chi connectivity index (χ0) is 13.8. The smallest absolute Gasteiger partial charge is 0.228 e. The van der Waals surface area contributed by atoms with Gasteiger partial charge >= 0.3 is 0 Å². The molecular weight excluding hydrogens is 250 g/mol. The summed E-state index contributed by atoms with van der Waals surface area (Å²) in [6, 6.07) is 9.69. The highest BCUT2D eigenvalue weighted by Crippen LogP contribution is 2.21. The molecular formula is C14H12F2N2O. The van der Waals surface area contributed by atoms with E-state index < -0.39 is 11.7 Å². The van der Waals surface area contributed by atoms with Crippen molar-refractivity contribution in [1.29, 1.82) is 0 Å². The minimum atomic E-state index is -0.590. The predicted octanol–water partition coefficient (Wildman–Crippen LogP) is 2.73. The maximum absolute atomic E-state index is 13.5. The van der Waals surface area contributed by atoms with Crippen molar-refractivity contribution in [2.24, 2.45) is 0 Å². The van der Waals surface area contributed by atoms with Crippen molar-refractivity contribution in [2.75, 3.05) is 11.1 Å². The van der Waals surface area contributed by atoms with Gasteiger partial charge in [-0.3, -0.25) is 4.79 Å². The number of hydrogen-bond donors (Lipinski definition) is 2. The number of carbonyl (C=O) groups is 1. The number of nitrogen functional groups attached to an aromatic ring is 1. The van der Waals surface area contributed by atoms with Crippen molar-refractivity contribution in [3.8, 4) is 0 Å². The maximum Gasteiger partial charge on any atom is 0.228 e. The van der Waals surface area contributed by atoms with E-state index >= 15 is 0 Å². The average molecular weight is 262 g/mol. The van der Waals surface area contributed by atoms with Gasteiger partial charge in [-0.1, -0.05) is 18.2 Å². The van der Waals surface area contributed by atoms with Gasteiger partial charge in [0.1, 0.15) is 17.3 Å². The molecule has 0 spiro atoms. The Balaban J connectivity index is 2.07. The van der Waals surface area contributed by atoms with Crippen LogP contribution < -0.4 is 11.1 Å². The summed E-state index contributed by atoms with van der Waals surface area (Å²) in [5.41, 5.74) is 6.34. The normalized spacial score (nSPS) is 10.2. The van der Waals surface area contributed by atoms with E-state index in [0.717, 1.165) is 0 Å². The van der Waals surface area contributed by atoms with Gasteiger partial charge in [-0.15, -0.1) is 0 Å². The molecule has 0 aliphatic carbocycles. The Kier molecular flexibility index (Phi) is 3.75. The number of halogens is 2. The highest BCUT2D eigenvalue weighted by Gasteiger charge is 2.10. The number of amides is 1. The molecule has 1 amide bonds. The van der Waals surface area contributed by atoms with E-state index in [4.69, 9.17) is 5.73 Å². The maximum atomic E-state index is 13.5. The van der Waals surface area contributed by atoms with Gasteiger partial charge in [0.2, 0.25) is 5.91 Å². The minimum Gasteiger partial charge on any atom is -0.397 e. The highest BCUT2D eigenvalue weighted by atomic mass is 19.1. The van der Waals surface area contributed by atoms with Crippen molar-refractivity contribution in [3.63, 3.8) is 0 Å². The fraction of sp³-hybridized carbons (Fsp3) is 0.0714. The molecule has 3 N–H and O–H groups in total. The monoisotopic (exact) mass is 262 g/mol. The van der Waals surface area contributed by atoms with Crippen LogP contribution in [-0.4, -0.2) is 5.91 Å². The molecule has 2 aromatic carbocycles. The Morgan fingerprint density at radius 1 is 1.11 bits per heavy atom. The van der Waals surface area contributed by atoms with Gasteiger partial charge < -0.3 is 11.1 Å². The molecule has 0 aliphatic rings. The van der Waals surface area contributed by atoms with E-state index in [1.165, 1.54) is 42.5 Å².